The summed E-state index contributed by atoms with van der Waals surface area (Å²) in [5, 5.41) is 6.43. The summed E-state index contributed by atoms with van der Waals surface area (Å²) in [4.78, 5) is 29.2. The minimum Gasteiger partial charge on any atom is -0.335 e. The van der Waals surface area contributed by atoms with Crippen molar-refractivity contribution in [3.8, 4) is 0 Å². The van der Waals surface area contributed by atoms with Crippen LogP contribution in [-0.2, 0) is 7.05 Å². The highest BCUT2D eigenvalue weighted by Crippen LogP contribution is 2.18. The Bertz CT molecular complexity index is 1040. The van der Waals surface area contributed by atoms with E-state index in [0.717, 1.165) is 16.3 Å². The number of fused-ring (bicyclic) bond motifs is 1. The van der Waals surface area contributed by atoms with E-state index in [2.05, 4.69) is 25.9 Å². The van der Waals surface area contributed by atoms with E-state index < -0.39 is 0 Å². The van der Waals surface area contributed by atoms with E-state index in [-0.39, 0.29) is 11.7 Å². The van der Waals surface area contributed by atoms with Gasteiger partial charge in [0.25, 0.3) is 5.91 Å². The van der Waals surface area contributed by atoms with Crippen LogP contribution in [-0.4, -0.2) is 64.0 Å². The number of ketones is 1. The molecular weight excluding hydrogens is 420 g/mol. The maximum atomic E-state index is 12.7. The van der Waals surface area contributed by atoms with E-state index >= 15 is 0 Å². The number of aromatic nitrogens is 2. The Morgan fingerprint density at radius 3 is 2.43 bits per heavy atom. The van der Waals surface area contributed by atoms with Crippen molar-refractivity contribution in [2.75, 3.05) is 32.7 Å². The first-order valence-corrected chi connectivity index (χ1v) is 10.0. The number of halogens is 1. The molecule has 1 amide bonds. The third-order valence-corrected chi connectivity index (χ3v) is 5.67. The summed E-state index contributed by atoms with van der Waals surface area (Å²) in [6.45, 7) is 2.90. The summed E-state index contributed by atoms with van der Waals surface area (Å²) in [7, 11) is 1.79. The molecule has 144 valence electrons. The fraction of sp³-hybridized carbons (Fsp3) is 0.286. The first kappa shape index (κ1) is 18.8. The molecule has 2 aromatic carbocycles. The Kier molecular flexibility index (Phi) is 5.28. The van der Waals surface area contributed by atoms with Crippen LogP contribution in [0, 0.1) is 0 Å². The topological polar surface area (TPSA) is 58.4 Å². The minimum atomic E-state index is -0.0759. The average Bonchev–Trinajstić information content (AvgIpc) is 3.05. The van der Waals surface area contributed by atoms with Gasteiger partial charge in [0.1, 0.15) is 0 Å². The van der Waals surface area contributed by atoms with Gasteiger partial charge in [0.05, 0.1) is 11.0 Å². The van der Waals surface area contributed by atoms with E-state index in [1.54, 1.807) is 22.8 Å². The highest BCUT2D eigenvalue weighted by atomic mass is 79.9. The molecule has 0 N–H and O–H groups in total. The van der Waals surface area contributed by atoms with Crippen molar-refractivity contribution in [2.45, 2.75) is 0 Å². The van der Waals surface area contributed by atoms with Crippen molar-refractivity contribution in [3.63, 3.8) is 0 Å². The van der Waals surface area contributed by atoms with Crippen molar-refractivity contribution >= 4 is 38.4 Å². The maximum Gasteiger partial charge on any atom is 0.275 e. The zero-order chi connectivity index (χ0) is 19.7. The molecule has 1 aliphatic rings. The molecule has 1 fully saturated rings. The number of Topliss-reactive ketones (excluding diaryl/α,β-unsaturated/α-hetero) is 1. The van der Waals surface area contributed by atoms with Crippen LogP contribution in [0.5, 0.6) is 0 Å². The van der Waals surface area contributed by atoms with E-state index in [1.165, 1.54) is 0 Å². The Morgan fingerprint density at radius 2 is 1.75 bits per heavy atom. The van der Waals surface area contributed by atoms with E-state index in [1.807, 2.05) is 42.5 Å². The number of piperazine rings is 1. The number of amides is 1. The van der Waals surface area contributed by atoms with Gasteiger partial charge in [-0.25, -0.2) is 0 Å². The highest BCUT2D eigenvalue weighted by molar-refractivity contribution is 9.10. The molecular formula is C21H21BrN4O2. The van der Waals surface area contributed by atoms with Gasteiger partial charge < -0.3 is 4.90 Å². The van der Waals surface area contributed by atoms with Crippen LogP contribution in [0.2, 0.25) is 0 Å². The molecule has 0 spiro atoms. The molecule has 0 radical (unpaired) electrons. The number of aryl methyl sites for hydroxylation is 1. The Hall–Kier alpha value is -2.51. The lowest BCUT2D eigenvalue weighted by Gasteiger charge is -2.34. The molecule has 0 bridgehead atoms. The van der Waals surface area contributed by atoms with Gasteiger partial charge in [0, 0.05) is 45.0 Å². The SMILES string of the molecule is Cn1cc(Br)c(C(=O)N2CCN(CC(=O)c3ccc4ccccc4c3)CC2)n1. The third-order valence-electron chi connectivity index (χ3n) is 5.08. The quantitative estimate of drug-likeness (QED) is 0.585. The predicted octanol–water partition coefficient (Wildman–Crippen LogP) is 2.98. The number of hydrogen-bond donors (Lipinski definition) is 0. The van der Waals surface area contributed by atoms with Crippen LogP contribution in [0.3, 0.4) is 0 Å². The molecule has 1 saturated heterocycles. The molecule has 4 rings (SSSR count). The summed E-state index contributed by atoms with van der Waals surface area (Å²) in [5.41, 5.74) is 1.16. The lowest BCUT2D eigenvalue weighted by atomic mass is 10.0. The number of rotatable bonds is 4. The molecule has 1 aliphatic heterocycles. The van der Waals surface area contributed by atoms with E-state index in [0.29, 0.717) is 42.9 Å². The largest absolute Gasteiger partial charge is 0.335 e. The van der Waals surface area contributed by atoms with Crippen LogP contribution in [0.15, 0.2) is 53.1 Å². The van der Waals surface area contributed by atoms with Crippen LogP contribution < -0.4 is 0 Å². The second-order valence-electron chi connectivity index (χ2n) is 7.05. The molecule has 28 heavy (non-hydrogen) atoms. The number of nitrogens with zero attached hydrogens (tertiary/aromatic N) is 4. The van der Waals surface area contributed by atoms with Crippen LogP contribution >= 0.6 is 15.9 Å². The monoisotopic (exact) mass is 440 g/mol. The van der Waals surface area contributed by atoms with Crippen LogP contribution in [0.1, 0.15) is 20.8 Å². The zero-order valence-electron chi connectivity index (χ0n) is 15.6. The summed E-state index contributed by atoms with van der Waals surface area (Å²) in [6, 6.07) is 13.9. The molecule has 3 aromatic rings. The van der Waals surface area contributed by atoms with Gasteiger partial charge >= 0.3 is 0 Å². The molecule has 2 heterocycles. The Morgan fingerprint density at radius 1 is 1.04 bits per heavy atom. The lowest BCUT2D eigenvalue weighted by molar-refractivity contribution is 0.0617. The predicted molar refractivity (Wildman–Crippen MR) is 112 cm³/mol. The smallest absolute Gasteiger partial charge is 0.275 e. The van der Waals surface area contributed by atoms with Crippen LogP contribution in [0.4, 0.5) is 0 Å². The molecule has 1 aromatic heterocycles. The summed E-state index contributed by atoms with van der Waals surface area (Å²) >= 11 is 3.39. The van der Waals surface area contributed by atoms with Crippen LogP contribution in [0.25, 0.3) is 10.8 Å². The van der Waals surface area contributed by atoms with Gasteiger partial charge in [-0.2, -0.15) is 5.10 Å². The van der Waals surface area contributed by atoms with E-state index in [4.69, 9.17) is 0 Å². The summed E-state index contributed by atoms with van der Waals surface area (Å²) in [6.07, 6.45) is 1.77. The third kappa shape index (κ3) is 3.86. The molecule has 0 aliphatic carbocycles. The van der Waals surface area contributed by atoms with Gasteiger partial charge in [-0.1, -0.05) is 36.4 Å². The lowest BCUT2D eigenvalue weighted by Crippen LogP contribution is -2.50. The first-order chi connectivity index (χ1) is 13.5. The number of hydrogen-bond acceptors (Lipinski definition) is 4. The molecule has 0 atom stereocenters. The second kappa shape index (κ2) is 7.85. The minimum absolute atomic E-state index is 0.0759. The van der Waals surface area contributed by atoms with Gasteiger partial charge in [-0.15, -0.1) is 0 Å². The molecule has 0 unspecified atom stereocenters. The van der Waals surface area contributed by atoms with Crippen molar-refractivity contribution < 1.29 is 9.59 Å². The summed E-state index contributed by atoms with van der Waals surface area (Å²) < 4.78 is 2.32. The molecule has 6 nitrogen and oxygen atoms in total. The van der Waals surface area contributed by atoms with Crippen molar-refractivity contribution in [2.24, 2.45) is 7.05 Å². The number of carbonyl (C=O) groups excluding carboxylic acids is 2. The molecule has 7 heteroatoms. The average molecular weight is 441 g/mol. The highest BCUT2D eigenvalue weighted by Gasteiger charge is 2.26. The number of benzene rings is 2. The standard InChI is InChI=1S/C21H21BrN4O2/c1-24-13-18(22)20(23-24)21(28)26-10-8-25(9-11-26)14-19(27)17-7-6-15-4-2-3-5-16(15)12-17/h2-7,12-13H,8-11,14H2,1H3. The first-order valence-electron chi connectivity index (χ1n) is 9.24. The Balaban J connectivity index is 1.36. The number of carbonyl (C=O) groups is 2. The Labute approximate surface area is 171 Å². The van der Waals surface area contributed by atoms with Gasteiger partial charge in [0.2, 0.25) is 0 Å². The molecule has 0 saturated carbocycles. The van der Waals surface area contributed by atoms with Gasteiger partial charge in [0.15, 0.2) is 11.5 Å². The van der Waals surface area contributed by atoms with Crippen molar-refractivity contribution in [1.29, 1.82) is 0 Å². The summed E-state index contributed by atoms with van der Waals surface area (Å²) in [5.74, 6) is 0.0333. The van der Waals surface area contributed by atoms with Gasteiger partial charge in [-0.05, 0) is 32.8 Å². The van der Waals surface area contributed by atoms with E-state index in [9.17, 15) is 9.59 Å². The van der Waals surface area contributed by atoms with Gasteiger partial charge in [-0.3, -0.25) is 19.2 Å². The fourth-order valence-electron chi connectivity index (χ4n) is 3.52. The maximum absolute atomic E-state index is 12.7. The van der Waals surface area contributed by atoms with Crippen molar-refractivity contribution in [3.05, 3.63) is 64.4 Å². The second-order valence-corrected chi connectivity index (χ2v) is 7.91. The normalized spacial score (nSPS) is 15.1. The zero-order valence-corrected chi connectivity index (χ0v) is 17.2. The fourth-order valence-corrected chi connectivity index (χ4v) is 4.07. The van der Waals surface area contributed by atoms with Crippen molar-refractivity contribution in [1.82, 2.24) is 19.6 Å².